The van der Waals surface area contributed by atoms with E-state index in [0.29, 0.717) is 23.5 Å². The number of aryl methyl sites for hydroxylation is 1. The molecule has 21 heavy (non-hydrogen) atoms. The first-order valence-electron chi connectivity index (χ1n) is 6.55. The molecule has 0 amide bonds. The van der Waals surface area contributed by atoms with Crippen molar-refractivity contribution in [2.75, 3.05) is 5.73 Å². The van der Waals surface area contributed by atoms with Gasteiger partial charge in [-0.3, -0.25) is 0 Å². The second kappa shape index (κ2) is 5.36. The van der Waals surface area contributed by atoms with E-state index in [9.17, 15) is 4.39 Å². The van der Waals surface area contributed by atoms with Gasteiger partial charge in [0.05, 0.1) is 5.56 Å². The molecule has 106 valence electrons. The molecule has 0 radical (unpaired) electrons. The number of anilines is 1. The van der Waals surface area contributed by atoms with E-state index in [2.05, 4.69) is 16.2 Å². The molecule has 4 nitrogen and oxygen atoms in total. The highest BCUT2D eigenvalue weighted by Crippen LogP contribution is 2.25. The van der Waals surface area contributed by atoms with Crippen LogP contribution < -0.4 is 5.73 Å². The highest BCUT2D eigenvalue weighted by molar-refractivity contribution is 5.70. The fraction of sp³-hybridized carbons (Fsp3) is 0.125. The second-order valence-electron chi connectivity index (χ2n) is 4.91. The third-order valence-electron chi connectivity index (χ3n) is 3.16. The summed E-state index contributed by atoms with van der Waals surface area (Å²) >= 11 is 0. The van der Waals surface area contributed by atoms with Crippen LogP contribution in [0.1, 0.15) is 17.0 Å². The fourth-order valence-corrected chi connectivity index (χ4v) is 2.15. The first kappa shape index (κ1) is 13.3. The molecule has 0 aliphatic carbocycles. The van der Waals surface area contributed by atoms with E-state index in [-0.39, 0.29) is 5.89 Å². The zero-order valence-electron chi connectivity index (χ0n) is 11.5. The normalized spacial score (nSPS) is 10.8. The Labute approximate surface area is 121 Å². The molecule has 0 saturated heterocycles. The van der Waals surface area contributed by atoms with Crippen LogP contribution >= 0.6 is 0 Å². The number of halogens is 1. The number of nitrogens with two attached hydrogens (primary N) is 1. The molecule has 0 aliphatic heterocycles. The summed E-state index contributed by atoms with van der Waals surface area (Å²) in [5.74, 6) is 0.381. The van der Waals surface area contributed by atoms with Crippen molar-refractivity contribution >= 4 is 5.69 Å². The van der Waals surface area contributed by atoms with Crippen molar-refractivity contribution in [3.05, 3.63) is 65.2 Å². The standard InChI is InChI=1S/C16H14FN3O/c1-10-3-2-4-11(7-10)8-15-19-16(21-20-15)13-9-12(17)5-6-14(13)18/h2-7,9H,8,18H2,1H3. The largest absolute Gasteiger partial charge is 0.398 e. The lowest BCUT2D eigenvalue weighted by Crippen LogP contribution is -1.93. The fourth-order valence-electron chi connectivity index (χ4n) is 2.15. The Hall–Kier alpha value is -2.69. The first-order valence-corrected chi connectivity index (χ1v) is 6.55. The molecule has 0 fully saturated rings. The van der Waals surface area contributed by atoms with Crippen molar-refractivity contribution in [1.29, 1.82) is 0 Å². The van der Waals surface area contributed by atoms with Crippen LogP contribution in [0.2, 0.25) is 0 Å². The number of benzene rings is 2. The Morgan fingerprint density at radius 1 is 1.19 bits per heavy atom. The quantitative estimate of drug-likeness (QED) is 0.748. The molecular weight excluding hydrogens is 269 g/mol. The summed E-state index contributed by atoms with van der Waals surface area (Å²) in [4.78, 5) is 4.28. The summed E-state index contributed by atoms with van der Waals surface area (Å²) in [6, 6.07) is 12.1. The molecule has 0 spiro atoms. The maximum atomic E-state index is 13.3. The minimum absolute atomic E-state index is 0.231. The van der Waals surface area contributed by atoms with E-state index in [0.717, 1.165) is 5.56 Å². The summed E-state index contributed by atoms with van der Waals surface area (Å²) in [7, 11) is 0. The Balaban J connectivity index is 1.88. The van der Waals surface area contributed by atoms with Gasteiger partial charge in [-0.2, -0.15) is 4.98 Å². The van der Waals surface area contributed by atoms with Gasteiger partial charge >= 0.3 is 0 Å². The predicted octanol–water partition coefficient (Wildman–Crippen LogP) is 3.36. The number of nitrogen functional groups attached to an aromatic ring is 1. The molecular formula is C16H14FN3O. The zero-order valence-corrected chi connectivity index (χ0v) is 11.5. The van der Waals surface area contributed by atoms with Crippen LogP contribution in [0.3, 0.4) is 0 Å². The van der Waals surface area contributed by atoms with Gasteiger partial charge in [0, 0.05) is 12.1 Å². The summed E-state index contributed by atoms with van der Waals surface area (Å²) in [5.41, 5.74) is 8.89. The molecule has 0 unspecified atom stereocenters. The number of nitrogens with zero attached hydrogens (tertiary/aromatic N) is 2. The molecule has 1 heterocycles. The van der Waals surface area contributed by atoms with Crippen LogP contribution in [0.15, 0.2) is 47.0 Å². The maximum Gasteiger partial charge on any atom is 0.260 e. The van der Waals surface area contributed by atoms with Crippen molar-refractivity contribution < 1.29 is 8.91 Å². The van der Waals surface area contributed by atoms with Crippen LogP contribution in [0.4, 0.5) is 10.1 Å². The molecule has 3 aromatic rings. The van der Waals surface area contributed by atoms with Gasteiger partial charge in [0.15, 0.2) is 5.82 Å². The lowest BCUT2D eigenvalue weighted by atomic mass is 10.1. The second-order valence-corrected chi connectivity index (χ2v) is 4.91. The Bertz CT molecular complexity index is 783. The van der Waals surface area contributed by atoms with Gasteiger partial charge in [-0.1, -0.05) is 35.0 Å². The molecule has 2 N–H and O–H groups in total. The van der Waals surface area contributed by atoms with Crippen LogP contribution in [-0.4, -0.2) is 10.1 Å². The topological polar surface area (TPSA) is 64.9 Å². The van der Waals surface area contributed by atoms with Crippen molar-refractivity contribution in [3.63, 3.8) is 0 Å². The number of aromatic nitrogens is 2. The summed E-state index contributed by atoms with van der Waals surface area (Å²) in [6.07, 6.45) is 0.556. The summed E-state index contributed by atoms with van der Waals surface area (Å²) < 4.78 is 18.5. The first-order chi connectivity index (χ1) is 10.1. The van der Waals surface area contributed by atoms with E-state index in [1.54, 1.807) is 0 Å². The smallest absolute Gasteiger partial charge is 0.260 e. The molecule has 0 aliphatic rings. The van der Waals surface area contributed by atoms with Gasteiger partial charge in [0.1, 0.15) is 5.82 Å². The number of hydrogen-bond donors (Lipinski definition) is 1. The lowest BCUT2D eigenvalue weighted by molar-refractivity contribution is 0.424. The predicted molar refractivity (Wildman–Crippen MR) is 78.1 cm³/mol. The molecule has 0 bridgehead atoms. The van der Waals surface area contributed by atoms with Crippen molar-refractivity contribution in [2.45, 2.75) is 13.3 Å². The lowest BCUT2D eigenvalue weighted by Gasteiger charge is -2.00. The van der Waals surface area contributed by atoms with Gasteiger partial charge < -0.3 is 10.3 Å². The molecule has 0 saturated carbocycles. The van der Waals surface area contributed by atoms with Crippen molar-refractivity contribution in [2.24, 2.45) is 0 Å². The zero-order chi connectivity index (χ0) is 14.8. The van der Waals surface area contributed by atoms with Crippen LogP contribution in [0.25, 0.3) is 11.5 Å². The van der Waals surface area contributed by atoms with Crippen LogP contribution in [-0.2, 0) is 6.42 Å². The van der Waals surface area contributed by atoms with E-state index in [1.165, 1.54) is 23.8 Å². The van der Waals surface area contributed by atoms with E-state index < -0.39 is 5.82 Å². The third kappa shape index (κ3) is 2.91. The van der Waals surface area contributed by atoms with Crippen molar-refractivity contribution in [3.8, 4) is 11.5 Å². The van der Waals surface area contributed by atoms with Gasteiger partial charge in [-0.05, 0) is 30.7 Å². The van der Waals surface area contributed by atoms with Gasteiger partial charge in [0.25, 0.3) is 5.89 Å². The molecule has 3 rings (SSSR count). The van der Waals surface area contributed by atoms with Gasteiger partial charge in [0.2, 0.25) is 0 Å². The van der Waals surface area contributed by atoms with E-state index in [1.807, 2.05) is 25.1 Å². The average Bonchev–Trinajstić information content (AvgIpc) is 2.90. The summed E-state index contributed by atoms with van der Waals surface area (Å²) in [5, 5.41) is 3.92. The summed E-state index contributed by atoms with van der Waals surface area (Å²) in [6.45, 7) is 2.03. The van der Waals surface area contributed by atoms with E-state index in [4.69, 9.17) is 10.3 Å². The minimum atomic E-state index is -0.391. The SMILES string of the molecule is Cc1cccc(Cc2noc(-c3cc(F)ccc3N)n2)c1. The molecule has 0 atom stereocenters. The highest BCUT2D eigenvalue weighted by Gasteiger charge is 2.13. The average molecular weight is 283 g/mol. The number of rotatable bonds is 3. The van der Waals surface area contributed by atoms with Crippen LogP contribution in [0, 0.1) is 12.7 Å². The van der Waals surface area contributed by atoms with Gasteiger partial charge in [-0.25, -0.2) is 4.39 Å². The third-order valence-corrected chi connectivity index (χ3v) is 3.16. The minimum Gasteiger partial charge on any atom is -0.398 e. The molecule has 5 heteroatoms. The van der Waals surface area contributed by atoms with Gasteiger partial charge in [-0.15, -0.1) is 0 Å². The monoisotopic (exact) mass is 283 g/mol. The number of hydrogen-bond acceptors (Lipinski definition) is 4. The molecule has 2 aromatic carbocycles. The van der Waals surface area contributed by atoms with Crippen molar-refractivity contribution in [1.82, 2.24) is 10.1 Å². The van der Waals surface area contributed by atoms with E-state index >= 15 is 0 Å². The highest BCUT2D eigenvalue weighted by atomic mass is 19.1. The molecule has 1 aromatic heterocycles. The Kier molecular flexibility index (Phi) is 3.39. The Morgan fingerprint density at radius 3 is 2.86 bits per heavy atom. The maximum absolute atomic E-state index is 13.3. The van der Waals surface area contributed by atoms with Crippen LogP contribution in [0.5, 0.6) is 0 Å². The Morgan fingerprint density at radius 2 is 2.05 bits per heavy atom.